The molecule has 2 rings (SSSR count). The summed E-state index contributed by atoms with van der Waals surface area (Å²) in [6.45, 7) is 8.20. The molecule has 1 N–H and O–H groups in total. The van der Waals surface area contributed by atoms with E-state index in [0.717, 1.165) is 32.5 Å². The second kappa shape index (κ2) is 8.94. The van der Waals surface area contributed by atoms with Crippen LogP contribution in [0.2, 0.25) is 0 Å². The molecule has 0 bridgehead atoms. The van der Waals surface area contributed by atoms with Gasteiger partial charge in [-0.2, -0.15) is 0 Å². The van der Waals surface area contributed by atoms with E-state index in [0.29, 0.717) is 6.54 Å². The summed E-state index contributed by atoms with van der Waals surface area (Å²) < 4.78 is 0. The van der Waals surface area contributed by atoms with E-state index in [1.807, 2.05) is 0 Å². The summed E-state index contributed by atoms with van der Waals surface area (Å²) in [7, 11) is 0. The summed E-state index contributed by atoms with van der Waals surface area (Å²) in [5.74, 6) is 0.489. The standard InChI is InChI=1S/C19H30N2O/c1-3-21(4-2)15-17-12-10-16(11-13-17)14-20-19(22)18-8-6-5-7-9-18/h10-13,18H,3-9,14-15H2,1-2H3,(H,20,22). The van der Waals surface area contributed by atoms with E-state index in [4.69, 9.17) is 0 Å². The van der Waals surface area contributed by atoms with Gasteiger partial charge < -0.3 is 5.32 Å². The van der Waals surface area contributed by atoms with Crippen molar-refractivity contribution in [3.63, 3.8) is 0 Å². The summed E-state index contributed by atoms with van der Waals surface area (Å²) >= 11 is 0. The average Bonchev–Trinajstić information content (AvgIpc) is 2.59. The molecule has 0 radical (unpaired) electrons. The van der Waals surface area contributed by atoms with E-state index in [1.165, 1.54) is 30.4 Å². The van der Waals surface area contributed by atoms with Gasteiger partial charge in [0.1, 0.15) is 0 Å². The quantitative estimate of drug-likeness (QED) is 0.832. The first-order valence-corrected chi connectivity index (χ1v) is 8.80. The van der Waals surface area contributed by atoms with Crippen LogP contribution in [0.15, 0.2) is 24.3 Å². The molecule has 1 aliphatic carbocycles. The molecule has 0 heterocycles. The molecule has 1 saturated carbocycles. The van der Waals surface area contributed by atoms with Gasteiger partial charge >= 0.3 is 0 Å². The minimum atomic E-state index is 0.243. The number of hydrogen-bond donors (Lipinski definition) is 1. The van der Waals surface area contributed by atoms with Gasteiger partial charge in [0, 0.05) is 19.0 Å². The summed E-state index contributed by atoms with van der Waals surface area (Å²) in [6.07, 6.45) is 5.83. The maximum absolute atomic E-state index is 12.1. The minimum absolute atomic E-state index is 0.243. The third-order valence-corrected chi connectivity index (χ3v) is 4.77. The zero-order valence-corrected chi connectivity index (χ0v) is 14.1. The first kappa shape index (κ1) is 17.0. The lowest BCUT2D eigenvalue weighted by atomic mass is 9.88. The maximum atomic E-state index is 12.1. The number of carbonyl (C=O) groups excluding carboxylic acids is 1. The van der Waals surface area contributed by atoms with Crippen molar-refractivity contribution in [3.8, 4) is 0 Å². The van der Waals surface area contributed by atoms with Crippen molar-refractivity contribution >= 4 is 5.91 Å². The lowest BCUT2D eigenvalue weighted by molar-refractivity contribution is -0.126. The normalized spacial score (nSPS) is 16.0. The van der Waals surface area contributed by atoms with Gasteiger partial charge in [0.05, 0.1) is 0 Å². The molecular formula is C19H30N2O. The van der Waals surface area contributed by atoms with Gasteiger partial charge in [-0.25, -0.2) is 0 Å². The van der Waals surface area contributed by atoms with Gasteiger partial charge in [0.25, 0.3) is 0 Å². The van der Waals surface area contributed by atoms with Gasteiger partial charge in [-0.15, -0.1) is 0 Å². The van der Waals surface area contributed by atoms with E-state index >= 15 is 0 Å². The highest BCUT2D eigenvalue weighted by atomic mass is 16.1. The molecule has 0 spiro atoms. The highest BCUT2D eigenvalue weighted by Crippen LogP contribution is 2.23. The number of carbonyl (C=O) groups is 1. The molecule has 0 aromatic heterocycles. The smallest absolute Gasteiger partial charge is 0.223 e. The Morgan fingerprint density at radius 1 is 1.05 bits per heavy atom. The van der Waals surface area contributed by atoms with Crippen molar-refractivity contribution in [2.24, 2.45) is 5.92 Å². The van der Waals surface area contributed by atoms with Gasteiger partial charge in [-0.3, -0.25) is 9.69 Å². The van der Waals surface area contributed by atoms with Crippen molar-refractivity contribution < 1.29 is 4.79 Å². The molecular weight excluding hydrogens is 272 g/mol. The van der Waals surface area contributed by atoms with E-state index in [9.17, 15) is 4.79 Å². The van der Waals surface area contributed by atoms with Crippen LogP contribution in [0.25, 0.3) is 0 Å². The van der Waals surface area contributed by atoms with E-state index in [1.54, 1.807) is 0 Å². The second-order valence-corrected chi connectivity index (χ2v) is 6.33. The number of amides is 1. The van der Waals surface area contributed by atoms with E-state index in [-0.39, 0.29) is 11.8 Å². The van der Waals surface area contributed by atoms with E-state index < -0.39 is 0 Å². The molecule has 0 saturated heterocycles. The summed E-state index contributed by atoms with van der Waals surface area (Å²) in [6, 6.07) is 8.64. The van der Waals surface area contributed by atoms with Gasteiger partial charge in [0.2, 0.25) is 5.91 Å². The number of benzene rings is 1. The van der Waals surface area contributed by atoms with Crippen LogP contribution in [-0.2, 0) is 17.9 Å². The predicted octanol–water partition coefficient (Wildman–Crippen LogP) is 3.72. The van der Waals surface area contributed by atoms with Crippen LogP contribution in [0, 0.1) is 5.92 Å². The molecule has 0 atom stereocenters. The van der Waals surface area contributed by atoms with Crippen LogP contribution in [0.4, 0.5) is 0 Å². The zero-order chi connectivity index (χ0) is 15.8. The topological polar surface area (TPSA) is 32.3 Å². The lowest BCUT2D eigenvalue weighted by Crippen LogP contribution is -2.31. The third kappa shape index (κ3) is 5.13. The van der Waals surface area contributed by atoms with Crippen LogP contribution in [0.1, 0.15) is 57.1 Å². The summed E-state index contributed by atoms with van der Waals surface area (Å²) in [4.78, 5) is 14.5. The second-order valence-electron chi connectivity index (χ2n) is 6.33. The fraction of sp³-hybridized carbons (Fsp3) is 0.632. The number of rotatable bonds is 7. The predicted molar refractivity (Wildman–Crippen MR) is 91.5 cm³/mol. The van der Waals surface area contributed by atoms with Crippen LogP contribution in [0.5, 0.6) is 0 Å². The Labute approximate surface area is 135 Å². The van der Waals surface area contributed by atoms with Crippen LogP contribution < -0.4 is 5.32 Å². The Hall–Kier alpha value is -1.35. The van der Waals surface area contributed by atoms with Gasteiger partial charge in [0.15, 0.2) is 0 Å². The first-order chi connectivity index (χ1) is 10.7. The molecule has 1 fully saturated rings. The zero-order valence-electron chi connectivity index (χ0n) is 14.1. The molecule has 3 heteroatoms. The molecule has 1 amide bonds. The summed E-state index contributed by atoms with van der Waals surface area (Å²) in [5, 5.41) is 3.10. The molecule has 1 aromatic rings. The minimum Gasteiger partial charge on any atom is -0.352 e. The van der Waals surface area contributed by atoms with Crippen molar-refractivity contribution in [3.05, 3.63) is 35.4 Å². The van der Waals surface area contributed by atoms with Crippen LogP contribution >= 0.6 is 0 Å². The van der Waals surface area contributed by atoms with Gasteiger partial charge in [-0.1, -0.05) is 57.4 Å². The van der Waals surface area contributed by atoms with Gasteiger partial charge in [-0.05, 0) is 37.1 Å². The molecule has 22 heavy (non-hydrogen) atoms. The number of nitrogens with zero attached hydrogens (tertiary/aromatic N) is 1. The monoisotopic (exact) mass is 302 g/mol. The Kier molecular flexibility index (Phi) is 6.91. The molecule has 122 valence electrons. The molecule has 1 aromatic carbocycles. The Balaban J connectivity index is 1.79. The van der Waals surface area contributed by atoms with E-state index in [2.05, 4.69) is 48.3 Å². The Bertz CT molecular complexity index is 445. The maximum Gasteiger partial charge on any atom is 0.223 e. The highest BCUT2D eigenvalue weighted by Gasteiger charge is 2.20. The fourth-order valence-corrected chi connectivity index (χ4v) is 3.17. The fourth-order valence-electron chi connectivity index (χ4n) is 3.17. The third-order valence-electron chi connectivity index (χ3n) is 4.77. The average molecular weight is 302 g/mol. The molecule has 0 aliphatic heterocycles. The van der Waals surface area contributed by atoms with Crippen LogP contribution in [-0.4, -0.2) is 23.9 Å². The van der Waals surface area contributed by atoms with Crippen molar-refractivity contribution in [1.29, 1.82) is 0 Å². The highest BCUT2D eigenvalue weighted by molar-refractivity contribution is 5.78. The summed E-state index contributed by atoms with van der Waals surface area (Å²) in [5.41, 5.74) is 2.53. The molecule has 3 nitrogen and oxygen atoms in total. The Morgan fingerprint density at radius 2 is 1.64 bits per heavy atom. The number of nitrogens with one attached hydrogen (secondary N) is 1. The molecule has 0 unspecified atom stereocenters. The lowest BCUT2D eigenvalue weighted by Gasteiger charge is -2.21. The molecule has 1 aliphatic rings. The van der Waals surface area contributed by atoms with Crippen molar-refractivity contribution in [1.82, 2.24) is 10.2 Å². The Morgan fingerprint density at radius 3 is 2.23 bits per heavy atom. The SMILES string of the molecule is CCN(CC)Cc1ccc(CNC(=O)C2CCCCC2)cc1. The first-order valence-electron chi connectivity index (χ1n) is 8.80. The largest absolute Gasteiger partial charge is 0.352 e. The van der Waals surface area contributed by atoms with Crippen LogP contribution in [0.3, 0.4) is 0 Å². The van der Waals surface area contributed by atoms with Crippen molar-refractivity contribution in [2.75, 3.05) is 13.1 Å². The number of hydrogen-bond acceptors (Lipinski definition) is 2. The van der Waals surface area contributed by atoms with Crippen molar-refractivity contribution in [2.45, 2.75) is 59.0 Å².